The molecular formula is C23H26FN3O2. The number of fused-ring (bicyclic) bond motifs is 1. The van der Waals surface area contributed by atoms with Crippen molar-refractivity contribution in [1.82, 2.24) is 9.55 Å². The van der Waals surface area contributed by atoms with Crippen LogP contribution in [0.1, 0.15) is 11.4 Å². The predicted molar refractivity (Wildman–Crippen MR) is 114 cm³/mol. The van der Waals surface area contributed by atoms with Crippen molar-refractivity contribution in [1.29, 1.82) is 0 Å². The molecule has 6 heteroatoms. The van der Waals surface area contributed by atoms with Crippen LogP contribution < -0.4 is 4.90 Å². The summed E-state index contributed by atoms with van der Waals surface area (Å²) in [6.07, 6.45) is 0. The molecule has 0 fully saturated rings. The van der Waals surface area contributed by atoms with Gasteiger partial charge in [-0.1, -0.05) is 18.1 Å². The molecule has 3 rings (SSSR count). The quantitative estimate of drug-likeness (QED) is 0.411. The number of imidazole rings is 1. The maximum Gasteiger partial charge on any atom is 0.186 e. The van der Waals surface area contributed by atoms with Gasteiger partial charge in [0.25, 0.3) is 0 Å². The summed E-state index contributed by atoms with van der Waals surface area (Å²) >= 11 is 0. The maximum absolute atomic E-state index is 12.0. The Bertz CT molecular complexity index is 971. The maximum atomic E-state index is 12.0. The summed E-state index contributed by atoms with van der Waals surface area (Å²) in [5, 5.41) is 0. The molecule has 0 unspecified atom stereocenters. The summed E-state index contributed by atoms with van der Waals surface area (Å²) in [6.45, 7) is 1.61. The fraction of sp³-hybridized carbons (Fsp3) is 0.348. The number of alkyl halides is 1. The van der Waals surface area contributed by atoms with Crippen LogP contribution in [0.5, 0.6) is 0 Å². The lowest BCUT2D eigenvalue weighted by molar-refractivity contribution is 0.0404. The first kappa shape index (κ1) is 20.8. The molecule has 0 aliphatic carbocycles. The second kappa shape index (κ2) is 10.6. The van der Waals surface area contributed by atoms with E-state index in [0.717, 1.165) is 22.3 Å². The van der Waals surface area contributed by atoms with Crippen LogP contribution in [0.15, 0.2) is 48.5 Å². The van der Waals surface area contributed by atoms with Gasteiger partial charge < -0.3 is 18.9 Å². The molecule has 0 saturated heterocycles. The number of halogens is 1. The van der Waals surface area contributed by atoms with Gasteiger partial charge in [0.15, 0.2) is 5.82 Å². The second-order valence-corrected chi connectivity index (χ2v) is 6.68. The SMILES string of the molecule is CN(C)c1ccc(C#Cc2nc3ccccc3n2CCOCCOCCF)cc1. The van der Waals surface area contributed by atoms with Gasteiger partial charge in [0.1, 0.15) is 6.67 Å². The van der Waals surface area contributed by atoms with Gasteiger partial charge in [-0.3, -0.25) is 0 Å². The van der Waals surface area contributed by atoms with Gasteiger partial charge in [-0.05, 0) is 42.3 Å². The van der Waals surface area contributed by atoms with Crippen LogP contribution in [-0.4, -0.2) is 56.7 Å². The molecule has 1 heterocycles. The van der Waals surface area contributed by atoms with Crippen LogP contribution in [0.25, 0.3) is 11.0 Å². The van der Waals surface area contributed by atoms with Gasteiger partial charge in [0, 0.05) is 31.9 Å². The van der Waals surface area contributed by atoms with E-state index in [2.05, 4.69) is 26.3 Å². The fourth-order valence-corrected chi connectivity index (χ4v) is 2.90. The minimum atomic E-state index is -0.471. The summed E-state index contributed by atoms with van der Waals surface area (Å²) in [5.74, 6) is 7.12. The molecule has 2 aromatic carbocycles. The van der Waals surface area contributed by atoms with Crippen molar-refractivity contribution < 1.29 is 13.9 Å². The van der Waals surface area contributed by atoms with Crippen LogP contribution in [0, 0.1) is 11.8 Å². The molecular weight excluding hydrogens is 369 g/mol. The minimum Gasteiger partial charge on any atom is -0.378 e. The first-order chi connectivity index (χ1) is 14.2. The third kappa shape index (κ3) is 5.80. The zero-order valence-electron chi connectivity index (χ0n) is 16.9. The Labute approximate surface area is 171 Å². The summed E-state index contributed by atoms with van der Waals surface area (Å²) in [4.78, 5) is 6.73. The van der Waals surface area contributed by atoms with E-state index in [1.807, 2.05) is 62.6 Å². The van der Waals surface area contributed by atoms with Crippen molar-refractivity contribution in [3.05, 3.63) is 59.9 Å². The summed E-state index contributed by atoms with van der Waals surface area (Å²) in [5.41, 5.74) is 4.01. The molecule has 0 radical (unpaired) electrons. The summed E-state index contributed by atoms with van der Waals surface area (Å²) in [7, 11) is 4.02. The van der Waals surface area contributed by atoms with E-state index in [4.69, 9.17) is 9.47 Å². The van der Waals surface area contributed by atoms with E-state index in [1.54, 1.807) is 0 Å². The Morgan fingerprint density at radius 1 is 0.931 bits per heavy atom. The zero-order chi connectivity index (χ0) is 20.5. The normalized spacial score (nSPS) is 10.7. The number of rotatable bonds is 9. The van der Waals surface area contributed by atoms with Crippen molar-refractivity contribution in [2.24, 2.45) is 0 Å². The Kier molecular flexibility index (Phi) is 7.62. The molecule has 29 heavy (non-hydrogen) atoms. The number of para-hydroxylation sites is 2. The largest absolute Gasteiger partial charge is 0.378 e. The van der Waals surface area contributed by atoms with E-state index in [1.165, 1.54) is 0 Å². The highest BCUT2D eigenvalue weighted by Crippen LogP contribution is 2.16. The van der Waals surface area contributed by atoms with Crippen molar-refractivity contribution in [3.63, 3.8) is 0 Å². The van der Waals surface area contributed by atoms with Crippen LogP contribution in [-0.2, 0) is 16.0 Å². The number of aromatic nitrogens is 2. The number of nitrogens with zero attached hydrogens (tertiary/aromatic N) is 3. The van der Waals surface area contributed by atoms with E-state index >= 15 is 0 Å². The predicted octanol–water partition coefficient (Wildman–Crippen LogP) is 3.50. The molecule has 0 amide bonds. The number of hydrogen-bond acceptors (Lipinski definition) is 4. The second-order valence-electron chi connectivity index (χ2n) is 6.68. The molecule has 152 valence electrons. The van der Waals surface area contributed by atoms with Gasteiger partial charge in [0.2, 0.25) is 0 Å². The van der Waals surface area contributed by atoms with Crippen molar-refractivity contribution in [2.45, 2.75) is 6.54 Å². The molecule has 0 saturated carbocycles. The van der Waals surface area contributed by atoms with Gasteiger partial charge in [-0.2, -0.15) is 0 Å². The standard InChI is InChI=1S/C23H26FN3O2/c1-26(2)20-10-7-19(8-11-20)9-12-23-25-21-5-3-4-6-22(21)27(23)14-16-29-18-17-28-15-13-24/h3-8,10-11H,13-18H2,1-2H3. The van der Waals surface area contributed by atoms with E-state index in [-0.39, 0.29) is 6.61 Å². The minimum absolute atomic E-state index is 0.116. The van der Waals surface area contributed by atoms with Crippen LogP contribution in [0.2, 0.25) is 0 Å². The Balaban J connectivity index is 1.71. The molecule has 0 aliphatic rings. The van der Waals surface area contributed by atoms with Crippen molar-refractivity contribution in [3.8, 4) is 11.8 Å². The van der Waals surface area contributed by atoms with Crippen LogP contribution in [0.3, 0.4) is 0 Å². The number of hydrogen-bond donors (Lipinski definition) is 0. The topological polar surface area (TPSA) is 39.5 Å². The molecule has 0 N–H and O–H groups in total. The average molecular weight is 395 g/mol. The van der Waals surface area contributed by atoms with Gasteiger partial charge in [-0.25, -0.2) is 9.37 Å². The lowest BCUT2D eigenvalue weighted by atomic mass is 10.2. The van der Waals surface area contributed by atoms with Gasteiger partial charge in [-0.15, -0.1) is 0 Å². The molecule has 3 aromatic rings. The van der Waals surface area contributed by atoms with Crippen molar-refractivity contribution in [2.75, 3.05) is 52.1 Å². The zero-order valence-corrected chi connectivity index (χ0v) is 16.9. The third-order valence-electron chi connectivity index (χ3n) is 4.41. The third-order valence-corrected chi connectivity index (χ3v) is 4.41. The van der Waals surface area contributed by atoms with Crippen molar-refractivity contribution >= 4 is 16.7 Å². The molecule has 0 aliphatic heterocycles. The lowest BCUT2D eigenvalue weighted by Crippen LogP contribution is -2.12. The first-order valence-electron chi connectivity index (χ1n) is 9.65. The summed E-state index contributed by atoms with van der Waals surface area (Å²) < 4.78 is 24.8. The highest BCUT2D eigenvalue weighted by atomic mass is 19.1. The van der Waals surface area contributed by atoms with E-state index < -0.39 is 6.67 Å². The smallest absolute Gasteiger partial charge is 0.186 e. The van der Waals surface area contributed by atoms with Crippen LogP contribution >= 0.6 is 0 Å². The Morgan fingerprint density at radius 2 is 1.66 bits per heavy atom. The average Bonchev–Trinajstić information content (AvgIpc) is 3.09. The van der Waals surface area contributed by atoms with Gasteiger partial charge in [0.05, 0.1) is 37.5 Å². The van der Waals surface area contributed by atoms with Gasteiger partial charge >= 0.3 is 0 Å². The Hall–Kier alpha value is -2.88. The molecule has 0 spiro atoms. The van der Waals surface area contributed by atoms with E-state index in [9.17, 15) is 4.39 Å². The van der Waals surface area contributed by atoms with Crippen LogP contribution in [0.4, 0.5) is 10.1 Å². The fourth-order valence-electron chi connectivity index (χ4n) is 2.90. The molecule has 5 nitrogen and oxygen atoms in total. The number of ether oxygens (including phenoxy) is 2. The monoisotopic (exact) mass is 395 g/mol. The Morgan fingerprint density at radius 3 is 2.38 bits per heavy atom. The molecule has 0 bridgehead atoms. The number of benzene rings is 2. The molecule has 1 aromatic heterocycles. The highest BCUT2D eigenvalue weighted by Gasteiger charge is 2.08. The highest BCUT2D eigenvalue weighted by molar-refractivity contribution is 5.76. The number of anilines is 1. The van der Waals surface area contributed by atoms with E-state index in [0.29, 0.717) is 32.2 Å². The lowest BCUT2D eigenvalue weighted by Gasteiger charge is -2.11. The first-order valence-corrected chi connectivity index (χ1v) is 9.65. The summed E-state index contributed by atoms with van der Waals surface area (Å²) in [6, 6.07) is 16.1. The molecule has 0 atom stereocenters.